The van der Waals surface area contributed by atoms with Gasteiger partial charge in [-0.3, -0.25) is 4.79 Å². The number of carbonyl (C=O) groups is 1. The molecule has 1 aromatic carbocycles. The summed E-state index contributed by atoms with van der Waals surface area (Å²) in [5.74, 6) is 0.137. The lowest BCUT2D eigenvalue weighted by Gasteiger charge is -2.21. The maximum Gasteiger partial charge on any atom is 0.257 e. The van der Waals surface area contributed by atoms with E-state index in [0.717, 1.165) is 30.5 Å². The van der Waals surface area contributed by atoms with E-state index in [1.54, 1.807) is 22.8 Å². The minimum absolute atomic E-state index is 0.226. The summed E-state index contributed by atoms with van der Waals surface area (Å²) >= 11 is 0. The Morgan fingerprint density at radius 2 is 2.12 bits per heavy atom. The van der Waals surface area contributed by atoms with Crippen molar-refractivity contribution in [3.63, 3.8) is 0 Å². The molecule has 0 unspecified atom stereocenters. The largest absolute Gasteiger partial charge is 0.348 e. The van der Waals surface area contributed by atoms with Gasteiger partial charge in [0.2, 0.25) is 0 Å². The van der Waals surface area contributed by atoms with Crippen molar-refractivity contribution < 1.29 is 9.18 Å². The number of aromatic nitrogens is 3. The van der Waals surface area contributed by atoms with Gasteiger partial charge in [-0.2, -0.15) is 5.10 Å². The highest BCUT2D eigenvalue weighted by molar-refractivity contribution is 5.99. The molecule has 6 heteroatoms. The normalized spacial score (nSPS) is 16.6. The molecule has 1 atom stereocenters. The van der Waals surface area contributed by atoms with E-state index >= 15 is 0 Å². The number of halogens is 1. The van der Waals surface area contributed by atoms with Gasteiger partial charge in [-0.1, -0.05) is 19.1 Å². The molecule has 2 aromatic heterocycles. The van der Waals surface area contributed by atoms with Crippen molar-refractivity contribution in [1.29, 1.82) is 0 Å². The third-order valence-corrected chi connectivity index (χ3v) is 4.77. The lowest BCUT2D eigenvalue weighted by Crippen LogP contribution is -2.23. The van der Waals surface area contributed by atoms with Gasteiger partial charge >= 0.3 is 0 Å². The first kappa shape index (κ1) is 15.7. The van der Waals surface area contributed by atoms with Gasteiger partial charge in [0.05, 0.1) is 6.20 Å². The van der Waals surface area contributed by atoms with Crippen LogP contribution in [0.25, 0.3) is 5.65 Å². The zero-order chi connectivity index (χ0) is 17.4. The van der Waals surface area contributed by atoms with Crippen molar-refractivity contribution in [2.24, 2.45) is 5.92 Å². The van der Waals surface area contributed by atoms with E-state index in [-0.39, 0.29) is 11.7 Å². The first-order valence-corrected chi connectivity index (χ1v) is 8.49. The second-order valence-corrected chi connectivity index (χ2v) is 6.68. The molecule has 0 saturated carbocycles. The fourth-order valence-corrected chi connectivity index (χ4v) is 3.35. The zero-order valence-electron chi connectivity index (χ0n) is 14.0. The van der Waals surface area contributed by atoms with Crippen LogP contribution in [-0.4, -0.2) is 20.5 Å². The van der Waals surface area contributed by atoms with Crippen molar-refractivity contribution in [2.45, 2.75) is 32.7 Å². The van der Waals surface area contributed by atoms with Gasteiger partial charge in [0.25, 0.3) is 5.91 Å². The molecule has 25 heavy (non-hydrogen) atoms. The average molecular weight is 338 g/mol. The van der Waals surface area contributed by atoms with Crippen LogP contribution < -0.4 is 5.32 Å². The summed E-state index contributed by atoms with van der Waals surface area (Å²) in [5, 5.41) is 7.23. The molecule has 0 saturated heterocycles. The molecule has 1 amide bonds. The number of hydrogen-bond donors (Lipinski definition) is 1. The molecule has 1 aliphatic rings. The van der Waals surface area contributed by atoms with Crippen LogP contribution in [-0.2, 0) is 19.4 Å². The van der Waals surface area contributed by atoms with E-state index in [9.17, 15) is 9.18 Å². The van der Waals surface area contributed by atoms with Gasteiger partial charge in [-0.05, 0) is 48.4 Å². The number of nitrogens with zero attached hydrogens (tertiary/aromatic N) is 3. The summed E-state index contributed by atoms with van der Waals surface area (Å²) in [6.45, 7) is 2.57. The maximum atomic E-state index is 12.9. The summed E-state index contributed by atoms with van der Waals surface area (Å²) in [6.07, 6.45) is 6.52. The molecule has 1 aliphatic carbocycles. The number of rotatable bonds is 3. The van der Waals surface area contributed by atoms with Crippen LogP contribution in [0.2, 0.25) is 0 Å². The number of fused-ring (bicyclic) bond motifs is 3. The Kier molecular flexibility index (Phi) is 3.95. The van der Waals surface area contributed by atoms with E-state index < -0.39 is 0 Å². The van der Waals surface area contributed by atoms with E-state index in [1.165, 1.54) is 17.7 Å². The highest BCUT2D eigenvalue weighted by atomic mass is 19.1. The quantitative estimate of drug-likeness (QED) is 0.799. The summed E-state index contributed by atoms with van der Waals surface area (Å²) in [6, 6.07) is 6.07. The minimum Gasteiger partial charge on any atom is -0.348 e. The molecule has 3 aromatic rings. The van der Waals surface area contributed by atoms with E-state index in [1.807, 2.05) is 6.20 Å². The monoisotopic (exact) mass is 338 g/mol. The number of nitrogens with one attached hydrogen (secondary N) is 1. The smallest absolute Gasteiger partial charge is 0.257 e. The van der Waals surface area contributed by atoms with Gasteiger partial charge in [0.15, 0.2) is 5.65 Å². The first-order chi connectivity index (χ1) is 12.1. The molecule has 0 aliphatic heterocycles. The summed E-state index contributed by atoms with van der Waals surface area (Å²) in [5.41, 5.74) is 4.26. The van der Waals surface area contributed by atoms with Crippen LogP contribution in [0.4, 0.5) is 4.39 Å². The molecule has 1 N–H and O–H groups in total. The lowest BCUT2D eigenvalue weighted by atomic mass is 9.89. The standard InChI is InChI=1S/C19H19FN4O/c1-12-2-7-17-14(8-12)10-21-18-16(11-23-24(17)18)19(25)22-9-13-3-5-15(20)6-4-13/h3-6,10-12H,2,7-9H2,1H3,(H,22,25)/t12-/m1/s1. The van der Waals surface area contributed by atoms with Crippen LogP contribution in [0.3, 0.4) is 0 Å². The predicted octanol–water partition coefficient (Wildman–Crippen LogP) is 2.92. The molecule has 0 radical (unpaired) electrons. The fraction of sp³-hybridized carbons (Fsp3) is 0.316. The second kappa shape index (κ2) is 6.27. The minimum atomic E-state index is -0.291. The maximum absolute atomic E-state index is 12.9. The SMILES string of the molecule is C[C@@H]1CCc2c(cnc3c(C(=O)NCc4ccc(F)cc4)cnn23)C1. The Morgan fingerprint density at radius 3 is 2.92 bits per heavy atom. The van der Waals surface area contributed by atoms with Crippen LogP contribution in [0.15, 0.2) is 36.7 Å². The third-order valence-electron chi connectivity index (χ3n) is 4.77. The topological polar surface area (TPSA) is 59.3 Å². The highest BCUT2D eigenvalue weighted by Crippen LogP contribution is 2.25. The van der Waals surface area contributed by atoms with E-state index in [2.05, 4.69) is 22.3 Å². The number of aryl methyl sites for hydroxylation is 1. The molecule has 0 fully saturated rings. The molecular formula is C19H19FN4O. The fourth-order valence-electron chi connectivity index (χ4n) is 3.35. The molecule has 0 spiro atoms. The van der Waals surface area contributed by atoms with Gasteiger partial charge in [-0.25, -0.2) is 13.9 Å². The van der Waals surface area contributed by atoms with E-state index in [4.69, 9.17) is 0 Å². The van der Waals surface area contributed by atoms with Crippen molar-refractivity contribution in [2.75, 3.05) is 0 Å². The zero-order valence-corrected chi connectivity index (χ0v) is 14.0. The van der Waals surface area contributed by atoms with Gasteiger partial charge in [-0.15, -0.1) is 0 Å². The second-order valence-electron chi connectivity index (χ2n) is 6.68. The number of hydrogen-bond acceptors (Lipinski definition) is 3. The van der Waals surface area contributed by atoms with Crippen molar-refractivity contribution in [3.8, 4) is 0 Å². The molecule has 128 valence electrons. The van der Waals surface area contributed by atoms with Crippen LogP contribution in [0.5, 0.6) is 0 Å². The predicted molar refractivity (Wildman–Crippen MR) is 91.7 cm³/mol. The molecule has 2 heterocycles. The number of amides is 1. The molecule has 5 nitrogen and oxygen atoms in total. The van der Waals surface area contributed by atoms with Crippen LogP contribution in [0.1, 0.15) is 40.5 Å². The Balaban J connectivity index is 1.57. The first-order valence-electron chi connectivity index (χ1n) is 8.49. The van der Waals surface area contributed by atoms with Gasteiger partial charge < -0.3 is 5.32 Å². The average Bonchev–Trinajstić information content (AvgIpc) is 3.05. The Labute approximate surface area is 144 Å². The van der Waals surface area contributed by atoms with Gasteiger partial charge in [0, 0.05) is 18.4 Å². The Morgan fingerprint density at radius 1 is 1.32 bits per heavy atom. The third kappa shape index (κ3) is 2.99. The van der Waals surface area contributed by atoms with Crippen LogP contribution >= 0.6 is 0 Å². The summed E-state index contributed by atoms with van der Waals surface area (Å²) < 4.78 is 14.7. The summed E-state index contributed by atoms with van der Waals surface area (Å²) in [4.78, 5) is 17.0. The highest BCUT2D eigenvalue weighted by Gasteiger charge is 2.21. The van der Waals surface area contributed by atoms with Crippen molar-refractivity contribution in [3.05, 3.63) is 64.9 Å². The van der Waals surface area contributed by atoms with Crippen molar-refractivity contribution >= 4 is 11.6 Å². The summed E-state index contributed by atoms with van der Waals surface area (Å²) in [7, 11) is 0. The van der Waals surface area contributed by atoms with Crippen LogP contribution in [0, 0.1) is 11.7 Å². The number of carbonyl (C=O) groups excluding carboxylic acids is 1. The lowest BCUT2D eigenvalue weighted by molar-refractivity contribution is 0.0952. The van der Waals surface area contributed by atoms with Crippen molar-refractivity contribution in [1.82, 2.24) is 19.9 Å². The molecule has 0 bridgehead atoms. The van der Waals surface area contributed by atoms with Gasteiger partial charge in [0.1, 0.15) is 11.4 Å². The Bertz CT molecular complexity index is 932. The number of benzene rings is 1. The van der Waals surface area contributed by atoms with E-state index in [0.29, 0.717) is 23.7 Å². The molecular weight excluding hydrogens is 319 g/mol. The molecule has 4 rings (SSSR count). The Hall–Kier alpha value is -2.76.